The summed E-state index contributed by atoms with van der Waals surface area (Å²) in [7, 11) is 0. The number of halogens is 2. The van der Waals surface area contributed by atoms with Gasteiger partial charge in [-0.2, -0.15) is 0 Å². The number of carbonyl (C=O) groups is 1. The number of carboxylic acid groups (broad SMARTS) is 1. The molecule has 1 N–H and O–H groups in total. The van der Waals surface area contributed by atoms with Crippen molar-refractivity contribution in [1.82, 2.24) is 4.98 Å². The molecule has 4 nitrogen and oxygen atoms in total. The van der Waals surface area contributed by atoms with Gasteiger partial charge < -0.3 is 9.84 Å². The first kappa shape index (κ1) is 21.6. The molecule has 0 aliphatic heterocycles. The van der Waals surface area contributed by atoms with Gasteiger partial charge in [-0.1, -0.05) is 47.5 Å². The summed E-state index contributed by atoms with van der Waals surface area (Å²) < 4.78 is 5.96. The van der Waals surface area contributed by atoms with Gasteiger partial charge in [-0.15, -0.1) is 0 Å². The number of ether oxygens (including phenoxy) is 1. The Morgan fingerprint density at radius 3 is 2.38 bits per heavy atom. The highest BCUT2D eigenvalue weighted by molar-refractivity contribution is 6.38. The predicted octanol–water partition coefficient (Wildman–Crippen LogP) is 6.77. The van der Waals surface area contributed by atoms with Crippen molar-refractivity contribution in [3.05, 3.63) is 63.3 Å². The average molecular weight is 432 g/mol. The number of para-hydroxylation sites is 1. The van der Waals surface area contributed by atoms with Crippen LogP contribution in [0, 0.1) is 13.8 Å². The van der Waals surface area contributed by atoms with Gasteiger partial charge in [0.25, 0.3) is 0 Å². The normalized spacial score (nSPS) is 12.9. The van der Waals surface area contributed by atoms with Crippen LogP contribution >= 0.6 is 23.2 Å². The van der Waals surface area contributed by atoms with Gasteiger partial charge in [0, 0.05) is 32.8 Å². The zero-order valence-corrected chi connectivity index (χ0v) is 18.5. The summed E-state index contributed by atoms with van der Waals surface area (Å²) in [5, 5.41) is 11.9. The highest BCUT2D eigenvalue weighted by Gasteiger charge is 2.32. The molecule has 1 atom stereocenters. The minimum Gasteiger partial charge on any atom is -0.479 e. The lowest BCUT2D eigenvalue weighted by molar-refractivity contribution is -0.160. The van der Waals surface area contributed by atoms with Crippen LogP contribution in [0.4, 0.5) is 0 Å². The maximum absolute atomic E-state index is 12.2. The Labute approximate surface area is 180 Å². The second-order valence-electron chi connectivity index (χ2n) is 7.99. The molecule has 0 aliphatic rings. The summed E-state index contributed by atoms with van der Waals surface area (Å²) in [5.41, 5.74) is 3.31. The van der Waals surface area contributed by atoms with Gasteiger partial charge in [0.05, 0.1) is 16.1 Å². The lowest BCUT2D eigenvalue weighted by atomic mass is 9.90. The number of aromatic nitrogens is 1. The van der Waals surface area contributed by atoms with Crippen LogP contribution in [0.2, 0.25) is 10.0 Å². The van der Waals surface area contributed by atoms with Gasteiger partial charge in [0.15, 0.2) is 6.10 Å². The second-order valence-corrected chi connectivity index (χ2v) is 8.77. The average Bonchev–Trinajstić information content (AvgIpc) is 2.63. The molecule has 0 spiro atoms. The van der Waals surface area contributed by atoms with Crippen LogP contribution < -0.4 is 0 Å². The predicted molar refractivity (Wildman–Crippen MR) is 118 cm³/mol. The summed E-state index contributed by atoms with van der Waals surface area (Å²) in [4.78, 5) is 16.9. The second kappa shape index (κ2) is 7.94. The van der Waals surface area contributed by atoms with Crippen molar-refractivity contribution >= 4 is 40.1 Å². The maximum atomic E-state index is 12.2. The van der Waals surface area contributed by atoms with Gasteiger partial charge in [-0.25, -0.2) is 4.79 Å². The van der Waals surface area contributed by atoms with Crippen LogP contribution in [-0.4, -0.2) is 21.7 Å². The molecule has 2 aromatic carbocycles. The first-order chi connectivity index (χ1) is 13.5. The molecule has 0 aliphatic carbocycles. The number of benzene rings is 2. The van der Waals surface area contributed by atoms with E-state index in [-0.39, 0.29) is 0 Å². The van der Waals surface area contributed by atoms with E-state index in [4.69, 9.17) is 27.9 Å². The number of aliphatic carboxylic acids is 1. The number of carboxylic acids is 1. The van der Waals surface area contributed by atoms with Crippen molar-refractivity contribution in [2.24, 2.45) is 0 Å². The quantitative estimate of drug-likeness (QED) is 0.495. The van der Waals surface area contributed by atoms with E-state index in [1.165, 1.54) is 0 Å². The molecule has 0 saturated heterocycles. The Balaban J connectivity index is 2.45. The van der Waals surface area contributed by atoms with Crippen LogP contribution in [0.1, 0.15) is 43.7 Å². The molecular formula is C23H23Cl2NO3. The van der Waals surface area contributed by atoms with E-state index in [1.807, 2.05) is 58.0 Å². The monoisotopic (exact) mass is 431 g/mol. The topological polar surface area (TPSA) is 59.4 Å². The molecule has 0 radical (unpaired) electrons. The van der Waals surface area contributed by atoms with Gasteiger partial charge in [0.1, 0.15) is 0 Å². The van der Waals surface area contributed by atoms with Crippen molar-refractivity contribution in [1.29, 1.82) is 0 Å². The molecule has 1 aromatic heterocycles. The van der Waals surface area contributed by atoms with E-state index in [9.17, 15) is 9.90 Å². The molecule has 152 valence electrons. The SMILES string of the molecule is Cc1nc2ccccc2c(-c2ccc(Cl)c(C)c2Cl)c1[C@H](OC(C)(C)C)C(=O)O. The van der Waals surface area contributed by atoms with Crippen molar-refractivity contribution in [3.8, 4) is 11.1 Å². The number of hydrogen-bond donors (Lipinski definition) is 1. The van der Waals surface area contributed by atoms with E-state index >= 15 is 0 Å². The number of nitrogens with zero attached hydrogens (tertiary/aromatic N) is 1. The van der Waals surface area contributed by atoms with E-state index in [0.717, 1.165) is 16.5 Å². The third kappa shape index (κ3) is 4.25. The fourth-order valence-electron chi connectivity index (χ4n) is 3.40. The van der Waals surface area contributed by atoms with Crippen LogP contribution in [0.3, 0.4) is 0 Å². The van der Waals surface area contributed by atoms with Crippen LogP contribution in [-0.2, 0) is 9.53 Å². The Morgan fingerprint density at radius 1 is 1.10 bits per heavy atom. The summed E-state index contributed by atoms with van der Waals surface area (Å²) in [6.07, 6.45) is -1.20. The Morgan fingerprint density at radius 2 is 1.76 bits per heavy atom. The minimum absolute atomic E-state index is 0.481. The fourth-order valence-corrected chi connectivity index (χ4v) is 3.87. The van der Waals surface area contributed by atoms with Gasteiger partial charge >= 0.3 is 5.97 Å². The smallest absolute Gasteiger partial charge is 0.337 e. The maximum Gasteiger partial charge on any atom is 0.337 e. The molecule has 29 heavy (non-hydrogen) atoms. The van der Waals surface area contributed by atoms with Crippen LogP contribution in [0.25, 0.3) is 22.0 Å². The molecule has 0 bridgehead atoms. The zero-order chi connectivity index (χ0) is 21.5. The standard InChI is InChI=1S/C23H23Cl2NO3/c1-12-16(24)11-10-15(20(12)25)19-14-8-6-7-9-17(14)26-13(2)18(19)21(22(27)28)29-23(3,4)5/h6-11,21H,1-5H3,(H,27,28)/t21-/m0/s1. The van der Waals surface area contributed by atoms with Crippen molar-refractivity contribution in [2.45, 2.75) is 46.3 Å². The lowest BCUT2D eigenvalue weighted by Crippen LogP contribution is -2.28. The molecule has 0 amide bonds. The summed E-state index contributed by atoms with van der Waals surface area (Å²) >= 11 is 12.9. The number of pyridine rings is 1. The summed E-state index contributed by atoms with van der Waals surface area (Å²) in [5.74, 6) is -1.08. The highest BCUT2D eigenvalue weighted by Crippen LogP contribution is 2.43. The van der Waals surface area contributed by atoms with Crippen molar-refractivity contribution < 1.29 is 14.6 Å². The molecule has 3 aromatic rings. The number of rotatable bonds is 4. The van der Waals surface area contributed by atoms with E-state index in [2.05, 4.69) is 4.98 Å². The van der Waals surface area contributed by atoms with Crippen LogP contribution in [0.15, 0.2) is 36.4 Å². The summed E-state index contributed by atoms with van der Waals surface area (Å²) in [6.45, 7) is 9.11. The summed E-state index contributed by atoms with van der Waals surface area (Å²) in [6, 6.07) is 11.2. The van der Waals surface area contributed by atoms with E-state index in [0.29, 0.717) is 32.4 Å². The Hall–Kier alpha value is -2.14. The third-order valence-electron chi connectivity index (χ3n) is 4.67. The van der Waals surface area contributed by atoms with Crippen LogP contribution in [0.5, 0.6) is 0 Å². The van der Waals surface area contributed by atoms with E-state index < -0.39 is 17.7 Å². The Bertz CT molecular complexity index is 1100. The number of hydrogen-bond acceptors (Lipinski definition) is 3. The Kier molecular flexibility index (Phi) is 5.91. The van der Waals surface area contributed by atoms with Crippen molar-refractivity contribution in [2.75, 3.05) is 0 Å². The largest absolute Gasteiger partial charge is 0.479 e. The lowest BCUT2D eigenvalue weighted by Gasteiger charge is -2.28. The number of aryl methyl sites for hydroxylation is 1. The van der Waals surface area contributed by atoms with Gasteiger partial charge in [-0.3, -0.25) is 4.98 Å². The fraction of sp³-hybridized carbons (Fsp3) is 0.304. The molecule has 6 heteroatoms. The molecular weight excluding hydrogens is 409 g/mol. The van der Waals surface area contributed by atoms with Gasteiger partial charge in [-0.05, 0) is 52.3 Å². The molecule has 1 heterocycles. The molecule has 0 fully saturated rings. The molecule has 3 rings (SSSR count). The first-order valence-electron chi connectivity index (χ1n) is 9.26. The number of fused-ring (bicyclic) bond motifs is 1. The first-order valence-corrected chi connectivity index (χ1v) is 10.0. The minimum atomic E-state index is -1.20. The zero-order valence-electron chi connectivity index (χ0n) is 17.0. The van der Waals surface area contributed by atoms with E-state index in [1.54, 1.807) is 13.0 Å². The van der Waals surface area contributed by atoms with Crippen molar-refractivity contribution in [3.63, 3.8) is 0 Å². The highest BCUT2D eigenvalue weighted by atomic mass is 35.5. The van der Waals surface area contributed by atoms with Gasteiger partial charge in [0.2, 0.25) is 0 Å². The molecule has 0 unspecified atom stereocenters. The third-order valence-corrected chi connectivity index (χ3v) is 5.56. The molecule has 0 saturated carbocycles.